The second-order valence-electron chi connectivity index (χ2n) is 9.97. The van der Waals surface area contributed by atoms with E-state index in [1.54, 1.807) is 30.3 Å². The zero-order valence-corrected chi connectivity index (χ0v) is 21.9. The van der Waals surface area contributed by atoms with Crippen molar-refractivity contribution in [3.8, 4) is 11.5 Å². The van der Waals surface area contributed by atoms with Gasteiger partial charge in [0.15, 0.2) is 11.6 Å². The number of ether oxygens (including phenoxy) is 2. The van der Waals surface area contributed by atoms with Gasteiger partial charge in [0.05, 0.1) is 12.6 Å². The molecule has 0 bridgehead atoms. The zero-order chi connectivity index (χ0) is 27.3. The number of urea groups is 1. The molecule has 1 heterocycles. The van der Waals surface area contributed by atoms with Gasteiger partial charge in [-0.2, -0.15) is 0 Å². The maximum atomic E-state index is 14.0. The monoisotopic (exact) mass is 520 g/mol. The van der Waals surface area contributed by atoms with Gasteiger partial charge < -0.3 is 24.8 Å². The standard InChI is InChI=1S/C30H33FN2O5/c1-20-8-9-23(16-21(20)2)18-33-19-24(32-29(33)36)14-15-37-25-12-10-22(11-13-25)17-30(3,28(34)35)38-27-7-5-4-6-26(27)31/h4-13,16,24H,14-15,17-19H2,1-3H3,(H,32,36)(H,34,35). The minimum atomic E-state index is -1.64. The Hall–Kier alpha value is -4.07. The van der Waals surface area contributed by atoms with E-state index in [1.807, 2.05) is 4.90 Å². The van der Waals surface area contributed by atoms with Gasteiger partial charge in [0.2, 0.25) is 5.60 Å². The van der Waals surface area contributed by atoms with Gasteiger partial charge in [-0.05, 0) is 67.3 Å². The van der Waals surface area contributed by atoms with Crippen molar-refractivity contribution >= 4 is 12.0 Å². The van der Waals surface area contributed by atoms with Crippen molar-refractivity contribution in [2.75, 3.05) is 13.2 Å². The molecule has 200 valence electrons. The van der Waals surface area contributed by atoms with E-state index in [9.17, 15) is 19.1 Å². The smallest absolute Gasteiger partial charge is 0.348 e. The molecule has 2 N–H and O–H groups in total. The van der Waals surface area contributed by atoms with Crippen molar-refractivity contribution in [3.05, 3.63) is 94.8 Å². The second kappa shape index (κ2) is 11.5. The van der Waals surface area contributed by atoms with Gasteiger partial charge in [-0.3, -0.25) is 0 Å². The highest BCUT2D eigenvalue weighted by atomic mass is 19.1. The molecule has 0 saturated carbocycles. The van der Waals surface area contributed by atoms with E-state index in [4.69, 9.17) is 9.47 Å². The summed E-state index contributed by atoms with van der Waals surface area (Å²) < 4.78 is 25.4. The number of carbonyl (C=O) groups is 2. The van der Waals surface area contributed by atoms with Crippen molar-refractivity contribution < 1.29 is 28.6 Å². The lowest BCUT2D eigenvalue weighted by Crippen LogP contribution is -2.43. The van der Waals surface area contributed by atoms with E-state index in [1.165, 1.54) is 36.2 Å². The maximum Gasteiger partial charge on any atom is 0.348 e. The normalized spacial score (nSPS) is 16.6. The summed E-state index contributed by atoms with van der Waals surface area (Å²) in [5.74, 6) is -1.28. The van der Waals surface area contributed by atoms with Crippen LogP contribution in [0.2, 0.25) is 0 Å². The molecular formula is C30H33FN2O5. The Bertz CT molecular complexity index is 1300. The summed E-state index contributed by atoms with van der Waals surface area (Å²) in [5, 5.41) is 12.8. The summed E-state index contributed by atoms with van der Waals surface area (Å²) in [6.45, 7) is 7.17. The molecule has 0 aliphatic carbocycles. The lowest BCUT2D eigenvalue weighted by Gasteiger charge is -2.26. The third-order valence-electron chi connectivity index (χ3n) is 6.82. The first-order chi connectivity index (χ1) is 18.1. The molecule has 7 nitrogen and oxygen atoms in total. The van der Waals surface area contributed by atoms with Crippen LogP contribution < -0.4 is 14.8 Å². The minimum absolute atomic E-state index is 0.000115. The van der Waals surface area contributed by atoms with Gasteiger partial charge in [-0.15, -0.1) is 0 Å². The van der Waals surface area contributed by atoms with Crippen molar-refractivity contribution in [3.63, 3.8) is 0 Å². The zero-order valence-electron chi connectivity index (χ0n) is 21.9. The number of nitrogens with one attached hydrogen (secondary N) is 1. The molecule has 1 aliphatic heterocycles. The van der Waals surface area contributed by atoms with E-state index in [-0.39, 0.29) is 24.2 Å². The number of nitrogens with zero attached hydrogens (tertiary/aromatic N) is 1. The van der Waals surface area contributed by atoms with E-state index in [2.05, 4.69) is 37.4 Å². The number of rotatable bonds is 11. The Balaban J connectivity index is 1.27. The van der Waals surface area contributed by atoms with Crippen LogP contribution in [0.15, 0.2) is 66.7 Å². The fourth-order valence-electron chi connectivity index (χ4n) is 4.42. The summed E-state index contributed by atoms with van der Waals surface area (Å²) in [4.78, 5) is 26.2. The van der Waals surface area contributed by atoms with E-state index in [0.717, 1.165) is 5.56 Å². The summed E-state index contributed by atoms with van der Waals surface area (Å²) in [6, 6.07) is 19.0. The number of carboxylic acid groups (broad SMARTS) is 1. The highest BCUT2D eigenvalue weighted by Gasteiger charge is 2.36. The van der Waals surface area contributed by atoms with Gasteiger partial charge in [-0.25, -0.2) is 14.0 Å². The molecular weight excluding hydrogens is 487 g/mol. The Morgan fingerprint density at radius 1 is 1.08 bits per heavy atom. The molecule has 0 aromatic heterocycles. The molecule has 0 radical (unpaired) electrons. The number of carbonyl (C=O) groups excluding carboxylic acids is 1. The Morgan fingerprint density at radius 3 is 2.47 bits per heavy atom. The largest absolute Gasteiger partial charge is 0.494 e. The highest BCUT2D eigenvalue weighted by molar-refractivity contribution is 5.78. The molecule has 1 fully saturated rings. The molecule has 3 aromatic rings. The number of hydrogen-bond donors (Lipinski definition) is 2. The van der Waals surface area contributed by atoms with Crippen molar-refractivity contribution in [2.24, 2.45) is 0 Å². The summed E-state index contributed by atoms with van der Waals surface area (Å²) >= 11 is 0. The third kappa shape index (κ3) is 6.62. The molecule has 3 aromatic carbocycles. The Labute approximate surface area is 222 Å². The number of amides is 2. The van der Waals surface area contributed by atoms with Crippen molar-refractivity contribution in [1.82, 2.24) is 10.2 Å². The van der Waals surface area contributed by atoms with Crippen LogP contribution in [-0.4, -0.2) is 46.8 Å². The van der Waals surface area contributed by atoms with Gasteiger partial charge in [0.25, 0.3) is 0 Å². The van der Waals surface area contributed by atoms with Crippen molar-refractivity contribution in [1.29, 1.82) is 0 Å². The molecule has 1 saturated heterocycles. The molecule has 8 heteroatoms. The highest BCUT2D eigenvalue weighted by Crippen LogP contribution is 2.26. The van der Waals surface area contributed by atoms with Crippen LogP contribution in [0.3, 0.4) is 0 Å². The quantitative estimate of drug-likeness (QED) is 0.360. The fraction of sp³-hybridized carbons (Fsp3) is 0.333. The molecule has 1 aliphatic rings. The lowest BCUT2D eigenvalue weighted by atomic mass is 9.96. The molecule has 0 spiro atoms. The predicted octanol–water partition coefficient (Wildman–Crippen LogP) is 5.27. The van der Waals surface area contributed by atoms with Crippen LogP contribution in [0.5, 0.6) is 11.5 Å². The van der Waals surface area contributed by atoms with Gasteiger partial charge in [0, 0.05) is 25.9 Å². The number of halogens is 1. The number of aliphatic carboxylic acids is 1. The molecule has 4 rings (SSSR count). The van der Waals surface area contributed by atoms with E-state index in [0.29, 0.717) is 37.4 Å². The van der Waals surface area contributed by atoms with E-state index < -0.39 is 17.4 Å². The molecule has 2 unspecified atom stereocenters. The van der Waals surface area contributed by atoms with Crippen LogP contribution in [-0.2, 0) is 17.8 Å². The average Bonchev–Trinajstić information content (AvgIpc) is 3.22. The molecule has 2 amide bonds. The maximum absolute atomic E-state index is 14.0. The molecule has 38 heavy (non-hydrogen) atoms. The first-order valence-electron chi connectivity index (χ1n) is 12.6. The molecule has 2 atom stereocenters. The van der Waals surface area contributed by atoms with Gasteiger partial charge >= 0.3 is 12.0 Å². The second-order valence-corrected chi connectivity index (χ2v) is 9.97. The lowest BCUT2D eigenvalue weighted by molar-refractivity contribution is -0.153. The number of aryl methyl sites for hydroxylation is 2. The first kappa shape index (κ1) is 27.0. The van der Waals surface area contributed by atoms with Crippen LogP contribution in [0.4, 0.5) is 9.18 Å². The Morgan fingerprint density at radius 2 is 1.79 bits per heavy atom. The average molecular weight is 521 g/mol. The minimum Gasteiger partial charge on any atom is -0.494 e. The summed E-state index contributed by atoms with van der Waals surface area (Å²) in [6.07, 6.45) is 0.700. The number of benzene rings is 3. The van der Waals surface area contributed by atoms with Crippen LogP contribution in [0.1, 0.15) is 35.6 Å². The van der Waals surface area contributed by atoms with Crippen molar-refractivity contribution in [2.45, 2.75) is 51.8 Å². The number of para-hydroxylation sites is 1. The third-order valence-corrected chi connectivity index (χ3v) is 6.82. The van der Waals surface area contributed by atoms with Gasteiger partial charge in [0.1, 0.15) is 5.75 Å². The summed E-state index contributed by atoms with van der Waals surface area (Å²) in [7, 11) is 0. The predicted molar refractivity (Wildman–Crippen MR) is 142 cm³/mol. The Kier molecular flexibility index (Phi) is 8.20. The topological polar surface area (TPSA) is 88.1 Å². The van der Waals surface area contributed by atoms with Crippen LogP contribution >= 0.6 is 0 Å². The summed E-state index contributed by atoms with van der Waals surface area (Å²) in [5.41, 5.74) is 2.62. The number of carboxylic acids is 1. The van der Waals surface area contributed by atoms with Gasteiger partial charge in [-0.1, -0.05) is 42.5 Å². The fourth-order valence-corrected chi connectivity index (χ4v) is 4.42. The first-order valence-corrected chi connectivity index (χ1v) is 12.6. The van der Waals surface area contributed by atoms with Crippen LogP contribution in [0, 0.1) is 19.7 Å². The number of hydrogen-bond acceptors (Lipinski definition) is 4. The van der Waals surface area contributed by atoms with E-state index >= 15 is 0 Å². The van der Waals surface area contributed by atoms with Crippen LogP contribution in [0.25, 0.3) is 0 Å². The SMILES string of the molecule is Cc1ccc(CN2CC(CCOc3ccc(CC(C)(Oc4ccccc4F)C(=O)O)cc3)NC2=O)cc1C.